The van der Waals surface area contributed by atoms with Gasteiger partial charge in [-0.2, -0.15) is 0 Å². The number of amides is 1. The number of rotatable bonds is 4. The number of nitrogens with one attached hydrogen (secondary N) is 2. The number of carbonyl (C=O) groups excluding carboxylic acids is 1. The minimum Gasteiger partial charge on any atom is -0.273 e. The van der Waals surface area contributed by atoms with Crippen LogP contribution in [0.2, 0.25) is 0 Å². The average Bonchev–Trinajstić information content (AvgIpc) is 2.65. The number of sulfonamides is 1. The Labute approximate surface area is 84.8 Å². The second kappa shape index (κ2) is 3.88. The fourth-order valence-corrected chi connectivity index (χ4v) is 2.38. The van der Waals surface area contributed by atoms with E-state index >= 15 is 0 Å². The summed E-state index contributed by atoms with van der Waals surface area (Å²) in [5.74, 6) is -0.503. The van der Waals surface area contributed by atoms with E-state index < -0.39 is 15.9 Å². The first kappa shape index (κ1) is 10.2. The van der Waals surface area contributed by atoms with Crippen molar-refractivity contribution in [3.63, 3.8) is 0 Å². The Morgan fingerprint density at radius 1 is 1.50 bits per heavy atom. The summed E-state index contributed by atoms with van der Waals surface area (Å²) in [4.78, 5) is 10.8. The normalized spacial score (nSPS) is 17.4. The summed E-state index contributed by atoms with van der Waals surface area (Å²) in [6, 6.07) is 0. The quantitative estimate of drug-likeness (QED) is 0.544. The van der Waals surface area contributed by atoms with Gasteiger partial charge in [-0.05, 0) is 12.8 Å². The second-order valence-electron chi connectivity index (χ2n) is 2.58. The van der Waals surface area contributed by atoms with Gasteiger partial charge in [-0.1, -0.05) is 0 Å². The van der Waals surface area contributed by atoms with Crippen LogP contribution >= 0.6 is 22.9 Å². The SMILES string of the molecule is O=C(CNI)NS(=O)(=O)C1CC1. The van der Waals surface area contributed by atoms with E-state index in [1.807, 2.05) is 4.72 Å². The highest BCUT2D eigenvalue weighted by Gasteiger charge is 2.36. The zero-order valence-electron chi connectivity index (χ0n) is 6.21. The molecule has 1 amide bonds. The molecular weight excluding hydrogens is 295 g/mol. The molecule has 1 aliphatic carbocycles. The van der Waals surface area contributed by atoms with Gasteiger partial charge >= 0.3 is 0 Å². The molecule has 7 heteroatoms. The maximum atomic E-state index is 11.1. The van der Waals surface area contributed by atoms with Crippen LogP contribution in [0.3, 0.4) is 0 Å². The van der Waals surface area contributed by atoms with Crippen molar-refractivity contribution in [3.05, 3.63) is 0 Å². The van der Waals surface area contributed by atoms with Crippen molar-refractivity contribution in [2.24, 2.45) is 0 Å². The molecule has 12 heavy (non-hydrogen) atoms. The first-order valence-electron chi connectivity index (χ1n) is 3.44. The van der Waals surface area contributed by atoms with Gasteiger partial charge in [0.1, 0.15) is 0 Å². The third-order valence-corrected chi connectivity index (χ3v) is 3.69. The highest BCUT2D eigenvalue weighted by atomic mass is 127. The Morgan fingerprint density at radius 2 is 2.08 bits per heavy atom. The molecular formula is C5H9IN2O3S. The molecule has 0 aromatic carbocycles. The molecule has 5 nitrogen and oxygen atoms in total. The number of halogens is 1. The van der Waals surface area contributed by atoms with Gasteiger partial charge in [0.05, 0.1) is 11.8 Å². The Morgan fingerprint density at radius 3 is 2.50 bits per heavy atom. The van der Waals surface area contributed by atoms with E-state index in [2.05, 4.69) is 3.53 Å². The predicted molar refractivity (Wildman–Crippen MR) is 52.1 cm³/mol. The van der Waals surface area contributed by atoms with Crippen molar-refractivity contribution >= 4 is 38.8 Å². The molecule has 0 heterocycles. The molecule has 70 valence electrons. The molecule has 0 aromatic rings. The lowest BCUT2D eigenvalue weighted by Gasteiger charge is -2.03. The maximum Gasteiger partial charge on any atom is 0.248 e. The van der Waals surface area contributed by atoms with Crippen LogP contribution in [0.4, 0.5) is 0 Å². The predicted octanol–water partition coefficient (Wildman–Crippen LogP) is -0.466. The summed E-state index contributed by atoms with van der Waals surface area (Å²) in [5, 5.41) is -0.337. The molecule has 0 atom stereocenters. The molecule has 2 N–H and O–H groups in total. The molecule has 0 aliphatic heterocycles. The van der Waals surface area contributed by atoms with E-state index in [0.717, 1.165) is 0 Å². The van der Waals surface area contributed by atoms with Gasteiger partial charge in [0.2, 0.25) is 15.9 Å². The third kappa shape index (κ3) is 2.87. The van der Waals surface area contributed by atoms with Crippen LogP contribution in [0.15, 0.2) is 0 Å². The van der Waals surface area contributed by atoms with E-state index in [9.17, 15) is 13.2 Å². The minimum absolute atomic E-state index is 0.0203. The van der Waals surface area contributed by atoms with Gasteiger partial charge in [-0.3, -0.25) is 13.0 Å². The van der Waals surface area contributed by atoms with E-state index in [0.29, 0.717) is 12.8 Å². The van der Waals surface area contributed by atoms with Crippen LogP contribution in [0.25, 0.3) is 0 Å². The summed E-state index contributed by atoms with van der Waals surface area (Å²) in [5.41, 5.74) is 0. The van der Waals surface area contributed by atoms with E-state index in [1.54, 1.807) is 22.9 Å². The van der Waals surface area contributed by atoms with E-state index in [1.165, 1.54) is 0 Å². The van der Waals surface area contributed by atoms with Crippen molar-refractivity contribution in [2.75, 3.05) is 6.54 Å². The Kier molecular flexibility index (Phi) is 3.29. The van der Waals surface area contributed by atoms with Crippen LogP contribution < -0.4 is 8.25 Å². The number of hydrogen-bond donors (Lipinski definition) is 2. The molecule has 0 saturated heterocycles. The fraction of sp³-hybridized carbons (Fsp3) is 0.800. The first-order valence-corrected chi connectivity index (χ1v) is 6.06. The van der Waals surface area contributed by atoms with Gasteiger partial charge in [0.25, 0.3) is 0 Å². The smallest absolute Gasteiger partial charge is 0.248 e. The van der Waals surface area contributed by atoms with Gasteiger partial charge in [0.15, 0.2) is 0 Å². The van der Waals surface area contributed by atoms with Crippen LogP contribution in [-0.2, 0) is 14.8 Å². The Hall–Kier alpha value is 0.110. The molecule has 0 radical (unpaired) electrons. The third-order valence-electron chi connectivity index (χ3n) is 1.45. The maximum absolute atomic E-state index is 11.1. The molecule has 1 saturated carbocycles. The van der Waals surface area contributed by atoms with E-state index in [-0.39, 0.29) is 11.8 Å². The minimum atomic E-state index is -3.35. The number of hydrogen-bond acceptors (Lipinski definition) is 4. The van der Waals surface area contributed by atoms with Crippen molar-refractivity contribution in [3.8, 4) is 0 Å². The van der Waals surface area contributed by atoms with Gasteiger partial charge < -0.3 is 0 Å². The lowest BCUT2D eigenvalue weighted by atomic mass is 10.7. The molecule has 0 aromatic heterocycles. The van der Waals surface area contributed by atoms with E-state index in [4.69, 9.17) is 0 Å². The molecule has 0 unspecified atom stereocenters. The van der Waals surface area contributed by atoms with Crippen LogP contribution in [0, 0.1) is 0 Å². The summed E-state index contributed by atoms with van der Waals surface area (Å²) >= 11 is 1.78. The zero-order chi connectivity index (χ0) is 9.19. The van der Waals surface area contributed by atoms with Crippen molar-refractivity contribution < 1.29 is 13.2 Å². The van der Waals surface area contributed by atoms with Gasteiger partial charge in [-0.25, -0.2) is 8.42 Å². The lowest BCUT2D eigenvalue weighted by molar-refractivity contribution is -0.118. The Bertz CT molecular complexity index is 272. The largest absolute Gasteiger partial charge is 0.273 e. The van der Waals surface area contributed by atoms with Crippen LogP contribution in [0.5, 0.6) is 0 Å². The van der Waals surface area contributed by atoms with Crippen LogP contribution in [-0.4, -0.2) is 26.1 Å². The monoisotopic (exact) mass is 304 g/mol. The average molecular weight is 304 g/mol. The molecule has 0 spiro atoms. The topological polar surface area (TPSA) is 75.3 Å². The summed E-state index contributed by atoms with van der Waals surface area (Å²) < 4.78 is 26.8. The van der Waals surface area contributed by atoms with Crippen molar-refractivity contribution in [1.82, 2.24) is 8.25 Å². The highest BCUT2D eigenvalue weighted by Crippen LogP contribution is 2.27. The highest BCUT2D eigenvalue weighted by molar-refractivity contribution is 14.1. The molecule has 0 bridgehead atoms. The summed E-state index contributed by atoms with van der Waals surface area (Å²) in [6.07, 6.45) is 1.33. The summed E-state index contributed by atoms with van der Waals surface area (Å²) in [7, 11) is -3.35. The first-order chi connectivity index (χ1) is 5.56. The summed E-state index contributed by atoms with van der Waals surface area (Å²) in [6.45, 7) is 0.0203. The van der Waals surface area contributed by atoms with Gasteiger partial charge in [0, 0.05) is 22.9 Å². The van der Waals surface area contributed by atoms with Gasteiger partial charge in [-0.15, -0.1) is 0 Å². The number of carbonyl (C=O) groups is 1. The van der Waals surface area contributed by atoms with Crippen molar-refractivity contribution in [1.29, 1.82) is 0 Å². The molecule has 1 rings (SSSR count). The molecule has 1 fully saturated rings. The second-order valence-corrected chi connectivity index (χ2v) is 5.30. The van der Waals surface area contributed by atoms with Crippen LogP contribution in [0.1, 0.15) is 12.8 Å². The molecule has 1 aliphatic rings. The standard InChI is InChI=1S/C5H9IN2O3S/c6-7-3-5(9)8-12(10,11)4-1-2-4/h4,7H,1-3H2,(H,8,9). The lowest BCUT2D eigenvalue weighted by Crippen LogP contribution is -2.37. The zero-order valence-corrected chi connectivity index (χ0v) is 9.18. The van der Waals surface area contributed by atoms with Crippen molar-refractivity contribution in [2.45, 2.75) is 18.1 Å². The fourth-order valence-electron chi connectivity index (χ4n) is 0.717. The Balaban J connectivity index is 2.44.